The van der Waals surface area contributed by atoms with Gasteiger partial charge in [0.2, 0.25) is 0 Å². The Morgan fingerprint density at radius 2 is 1.95 bits per heavy atom. The van der Waals surface area contributed by atoms with E-state index >= 15 is 0 Å². The number of rotatable bonds is 5. The SMILES string of the molecule is Fc1ccc(-c2cnc(CNCc3cccs3)s2)cc1. The lowest BCUT2D eigenvalue weighted by Gasteiger charge is -1.99. The van der Waals surface area contributed by atoms with Gasteiger partial charge < -0.3 is 5.32 Å². The van der Waals surface area contributed by atoms with E-state index in [9.17, 15) is 4.39 Å². The molecule has 0 fully saturated rings. The van der Waals surface area contributed by atoms with Crippen molar-refractivity contribution in [3.8, 4) is 10.4 Å². The maximum atomic E-state index is 12.9. The van der Waals surface area contributed by atoms with Gasteiger partial charge in [-0.05, 0) is 29.1 Å². The Labute approximate surface area is 124 Å². The van der Waals surface area contributed by atoms with E-state index in [0.717, 1.165) is 28.5 Å². The summed E-state index contributed by atoms with van der Waals surface area (Å²) in [4.78, 5) is 6.79. The highest BCUT2D eigenvalue weighted by Crippen LogP contribution is 2.26. The van der Waals surface area contributed by atoms with Crippen molar-refractivity contribution in [2.75, 3.05) is 0 Å². The first-order valence-corrected chi connectivity index (χ1v) is 7.94. The Balaban J connectivity index is 1.60. The van der Waals surface area contributed by atoms with Crippen LogP contribution in [0.1, 0.15) is 9.88 Å². The topological polar surface area (TPSA) is 24.9 Å². The summed E-state index contributed by atoms with van der Waals surface area (Å²) >= 11 is 3.38. The molecule has 0 aliphatic carbocycles. The highest BCUT2D eigenvalue weighted by Gasteiger charge is 2.04. The summed E-state index contributed by atoms with van der Waals surface area (Å²) in [5.41, 5.74) is 1.01. The largest absolute Gasteiger partial charge is 0.306 e. The molecule has 102 valence electrons. The van der Waals surface area contributed by atoms with Gasteiger partial charge in [0.1, 0.15) is 10.8 Å². The number of thiophene rings is 1. The lowest BCUT2D eigenvalue weighted by atomic mass is 10.2. The van der Waals surface area contributed by atoms with Crippen LogP contribution in [0.2, 0.25) is 0 Å². The maximum Gasteiger partial charge on any atom is 0.123 e. The van der Waals surface area contributed by atoms with Crippen molar-refractivity contribution in [3.63, 3.8) is 0 Å². The van der Waals surface area contributed by atoms with E-state index in [1.807, 2.05) is 6.20 Å². The first-order valence-electron chi connectivity index (χ1n) is 6.25. The lowest BCUT2D eigenvalue weighted by Crippen LogP contribution is -2.11. The Morgan fingerprint density at radius 3 is 2.70 bits per heavy atom. The van der Waals surface area contributed by atoms with Crippen LogP contribution in [0.15, 0.2) is 48.0 Å². The van der Waals surface area contributed by atoms with Crippen molar-refractivity contribution >= 4 is 22.7 Å². The van der Waals surface area contributed by atoms with E-state index < -0.39 is 0 Å². The standard InChI is InChI=1S/C15H13FN2S2/c16-12-5-3-11(4-6-12)14-9-18-15(20-14)10-17-8-13-2-1-7-19-13/h1-7,9,17H,8,10H2. The summed E-state index contributed by atoms with van der Waals surface area (Å²) in [5.74, 6) is -0.212. The fourth-order valence-electron chi connectivity index (χ4n) is 1.85. The van der Waals surface area contributed by atoms with E-state index in [1.165, 1.54) is 17.0 Å². The molecule has 0 saturated carbocycles. The third-order valence-electron chi connectivity index (χ3n) is 2.84. The number of hydrogen-bond donors (Lipinski definition) is 1. The second-order valence-corrected chi connectivity index (χ2v) is 6.46. The molecule has 0 amide bonds. The first kappa shape index (κ1) is 13.4. The van der Waals surface area contributed by atoms with Crippen LogP contribution in [0, 0.1) is 5.82 Å². The zero-order valence-corrected chi connectivity index (χ0v) is 12.3. The van der Waals surface area contributed by atoms with Crippen LogP contribution in [0.25, 0.3) is 10.4 Å². The molecule has 0 saturated heterocycles. The van der Waals surface area contributed by atoms with Crippen molar-refractivity contribution in [2.45, 2.75) is 13.1 Å². The predicted molar refractivity (Wildman–Crippen MR) is 82.4 cm³/mol. The van der Waals surface area contributed by atoms with Crippen molar-refractivity contribution < 1.29 is 4.39 Å². The molecule has 2 nitrogen and oxygen atoms in total. The van der Waals surface area contributed by atoms with E-state index in [0.29, 0.717) is 0 Å². The van der Waals surface area contributed by atoms with Gasteiger partial charge in [0.15, 0.2) is 0 Å². The van der Waals surface area contributed by atoms with Crippen LogP contribution >= 0.6 is 22.7 Å². The van der Waals surface area contributed by atoms with Crippen LogP contribution in [-0.4, -0.2) is 4.98 Å². The normalized spacial score (nSPS) is 10.8. The summed E-state index contributed by atoms with van der Waals surface area (Å²) in [6.07, 6.45) is 1.85. The molecular weight excluding hydrogens is 291 g/mol. The molecule has 1 aromatic carbocycles. The Morgan fingerprint density at radius 1 is 1.10 bits per heavy atom. The molecule has 20 heavy (non-hydrogen) atoms. The summed E-state index contributed by atoms with van der Waals surface area (Å²) < 4.78 is 12.9. The van der Waals surface area contributed by atoms with E-state index in [-0.39, 0.29) is 5.82 Å². The zero-order chi connectivity index (χ0) is 13.8. The number of hydrogen-bond acceptors (Lipinski definition) is 4. The fourth-order valence-corrected chi connectivity index (χ4v) is 3.41. The van der Waals surface area contributed by atoms with Gasteiger partial charge in [-0.1, -0.05) is 18.2 Å². The van der Waals surface area contributed by atoms with Gasteiger partial charge in [-0.15, -0.1) is 22.7 Å². The summed E-state index contributed by atoms with van der Waals surface area (Å²) in [7, 11) is 0. The molecule has 2 heterocycles. The minimum absolute atomic E-state index is 0.212. The molecule has 2 aromatic heterocycles. The number of benzene rings is 1. The third kappa shape index (κ3) is 3.30. The van der Waals surface area contributed by atoms with Crippen LogP contribution < -0.4 is 5.32 Å². The molecule has 0 bridgehead atoms. The average molecular weight is 304 g/mol. The minimum atomic E-state index is -0.212. The number of aromatic nitrogens is 1. The zero-order valence-electron chi connectivity index (χ0n) is 10.7. The second kappa shape index (κ2) is 6.26. The van der Waals surface area contributed by atoms with E-state index in [1.54, 1.807) is 34.8 Å². The van der Waals surface area contributed by atoms with Gasteiger partial charge in [0, 0.05) is 24.2 Å². The van der Waals surface area contributed by atoms with E-state index in [4.69, 9.17) is 0 Å². The van der Waals surface area contributed by atoms with Gasteiger partial charge in [0.05, 0.1) is 4.88 Å². The Kier molecular flexibility index (Phi) is 4.20. The molecule has 3 rings (SSSR count). The molecule has 1 N–H and O–H groups in total. The average Bonchev–Trinajstić information content (AvgIpc) is 3.11. The van der Waals surface area contributed by atoms with Gasteiger partial charge in [0.25, 0.3) is 0 Å². The Bertz CT molecular complexity index is 660. The number of nitrogens with one attached hydrogen (secondary N) is 1. The van der Waals surface area contributed by atoms with Crippen LogP contribution in [0.4, 0.5) is 4.39 Å². The first-order chi connectivity index (χ1) is 9.81. The number of nitrogens with zero attached hydrogens (tertiary/aromatic N) is 1. The van der Waals surface area contributed by atoms with Crippen LogP contribution in [0.5, 0.6) is 0 Å². The molecular formula is C15H13FN2S2. The highest BCUT2D eigenvalue weighted by molar-refractivity contribution is 7.15. The third-order valence-corrected chi connectivity index (χ3v) is 4.76. The van der Waals surface area contributed by atoms with Crippen molar-refractivity contribution in [2.24, 2.45) is 0 Å². The van der Waals surface area contributed by atoms with Crippen molar-refractivity contribution in [1.29, 1.82) is 0 Å². The van der Waals surface area contributed by atoms with Crippen molar-refractivity contribution in [3.05, 3.63) is 63.7 Å². The van der Waals surface area contributed by atoms with Crippen LogP contribution in [-0.2, 0) is 13.1 Å². The van der Waals surface area contributed by atoms with Gasteiger partial charge in [-0.25, -0.2) is 9.37 Å². The maximum absolute atomic E-state index is 12.9. The second-order valence-electron chi connectivity index (χ2n) is 4.31. The van der Waals surface area contributed by atoms with Crippen molar-refractivity contribution in [1.82, 2.24) is 10.3 Å². The fraction of sp³-hybridized carbons (Fsp3) is 0.133. The molecule has 0 radical (unpaired) electrons. The predicted octanol–water partition coefficient (Wildman–Crippen LogP) is 4.30. The molecule has 5 heteroatoms. The number of thiazole rings is 1. The highest BCUT2D eigenvalue weighted by atomic mass is 32.1. The molecule has 3 aromatic rings. The quantitative estimate of drug-likeness (QED) is 0.760. The number of halogens is 1. The summed E-state index contributed by atoms with van der Waals surface area (Å²) in [6, 6.07) is 10.7. The van der Waals surface area contributed by atoms with Crippen LogP contribution in [0.3, 0.4) is 0 Å². The molecule has 0 unspecified atom stereocenters. The van der Waals surface area contributed by atoms with Gasteiger partial charge in [-0.3, -0.25) is 0 Å². The molecule has 0 atom stereocenters. The van der Waals surface area contributed by atoms with Gasteiger partial charge in [-0.2, -0.15) is 0 Å². The molecule has 0 aliphatic rings. The monoisotopic (exact) mass is 304 g/mol. The summed E-state index contributed by atoms with van der Waals surface area (Å²) in [6.45, 7) is 1.62. The minimum Gasteiger partial charge on any atom is -0.306 e. The summed E-state index contributed by atoms with van der Waals surface area (Å²) in [5, 5.41) is 6.50. The Hall–Kier alpha value is -1.56. The smallest absolute Gasteiger partial charge is 0.123 e. The van der Waals surface area contributed by atoms with Gasteiger partial charge >= 0.3 is 0 Å². The lowest BCUT2D eigenvalue weighted by molar-refractivity contribution is 0.628. The molecule has 0 spiro atoms. The van der Waals surface area contributed by atoms with E-state index in [2.05, 4.69) is 27.8 Å². The molecule has 0 aliphatic heterocycles.